The first-order valence-electron chi connectivity index (χ1n) is 5.01. The van der Waals surface area contributed by atoms with Gasteiger partial charge in [0.2, 0.25) is 5.28 Å². The van der Waals surface area contributed by atoms with Crippen molar-refractivity contribution in [2.24, 2.45) is 11.7 Å². The average Bonchev–Trinajstić information content (AvgIpc) is 2.13. The molecule has 0 aliphatic heterocycles. The van der Waals surface area contributed by atoms with Gasteiger partial charge in [-0.15, -0.1) is 0 Å². The molecule has 0 aliphatic carbocycles. The van der Waals surface area contributed by atoms with Crippen LogP contribution < -0.4 is 11.1 Å². The number of hydrogen-bond donors (Lipinski definition) is 2. The van der Waals surface area contributed by atoms with E-state index in [1.54, 1.807) is 12.3 Å². The highest BCUT2D eigenvalue weighted by atomic mass is 35.5. The standard InChI is InChI=1S/C10H17ClN4/c1-6(2)9(7(3)12)14-8-4-5-13-10(11)15-8/h4-7,9H,12H2,1-3H3,(H,13,14,15). The van der Waals surface area contributed by atoms with Gasteiger partial charge in [0, 0.05) is 18.3 Å². The maximum absolute atomic E-state index is 5.88. The molecule has 0 aliphatic rings. The van der Waals surface area contributed by atoms with Crippen LogP contribution in [0.2, 0.25) is 5.28 Å². The highest BCUT2D eigenvalue weighted by Crippen LogP contribution is 2.13. The molecule has 84 valence electrons. The number of anilines is 1. The monoisotopic (exact) mass is 228 g/mol. The molecule has 15 heavy (non-hydrogen) atoms. The van der Waals surface area contributed by atoms with Gasteiger partial charge in [0.15, 0.2) is 0 Å². The van der Waals surface area contributed by atoms with Gasteiger partial charge in [-0.3, -0.25) is 0 Å². The minimum Gasteiger partial charge on any atom is -0.365 e. The summed E-state index contributed by atoms with van der Waals surface area (Å²) in [6.45, 7) is 6.20. The molecule has 0 spiro atoms. The van der Waals surface area contributed by atoms with Crippen LogP contribution in [0.15, 0.2) is 12.3 Å². The lowest BCUT2D eigenvalue weighted by molar-refractivity contribution is 0.460. The Morgan fingerprint density at radius 2 is 2.07 bits per heavy atom. The molecule has 2 unspecified atom stereocenters. The Morgan fingerprint density at radius 3 is 2.53 bits per heavy atom. The summed E-state index contributed by atoms with van der Waals surface area (Å²) in [7, 11) is 0. The highest BCUT2D eigenvalue weighted by molar-refractivity contribution is 6.28. The SMILES string of the molecule is CC(C)C(Nc1ccnc(Cl)n1)C(C)N. The van der Waals surface area contributed by atoms with E-state index in [2.05, 4.69) is 29.1 Å². The van der Waals surface area contributed by atoms with Crippen LogP contribution in [0.4, 0.5) is 5.82 Å². The molecule has 2 atom stereocenters. The zero-order valence-electron chi connectivity index (χ0n) is 9.24. The first-order chi connectivity index (χ1) is 7.00. The number of halogens is 1. The summed E-state index contributed by atoms with van der Waals surface area (Å²) in [4.78, 5) is 7.89. The van der Waals surface area contributed by atoms with Crippen molar-refractivity contribution < 1.29 is 0 Å². The van der Waals surface area contributed by atoms with Gasteiger partial charge in [-0.05, 0) is 30.5 Å². The second-order valence-electron chi connectivity index (χ2n) is 3.98. The molecule has 0 saturated heterocycles. The Balaban J connectivity index is 2.74. The third kappa shape index (κ3) is 3.64. The van der Waals surface area contributed by atoms with Crippen LogP contribution in [0.3, 0.4) is 0 Å². The molecule has 3 N–H and O–H groups in total. The van der Waals surface area contributed by atoms with Gasteiger partial charge < -0.3 is 11.1 Å². The van der Waals surface area contributed by atoms with E-state index < -0.39 is 0 Å². The predicted octanol–water partition coefficient (Wildman–Crippen LogP) is 1.91. The van der Waals surface area contributed by atoms with E-state index in [-0.39, 0.29) is 17.4 Å². The van der Waals surface area contributed by atoms with E-state index >= 15 is 0 Å². The third-order valence-corrected chi connectivity index (χ3v) is 2.41. The van der Waals surface area contributed by atoms with E-state index in [0.717, 1.165) is 0 Å². The summed E-state index contributed by atoms with van der Waals surface area (Å²) < 4.78 is 0. The van der Waals surface area contributed by atoms with Crippen molar-refractivity contribution in [1.82, 2.24) is 9.97 Å². The van der Waals surface area contributed by atoms with Crippen LogP contribution in [-0.4, -0.2) is 22.1 Å². The number of nitrogens with one attached hydrogen (secondary N) is 1. The second kappa shape index (κ2) is 5.28. The average molecular weight is 229 g/mol. The zero-order chi connectivity index (χ0) is 11.4. The maximum Gasteiger partial charge on any atom is 0.224 e. The van der Waals surface area contributed by atoms with Gasteiger partial charge in [-0.2, -0.15) is 0 Å². The molecule has 0 saturated carbocycles. The van der Waals surface area contributed by atoms with Crippen molar-refractivity contribution in [1.29, 1.82) is 0 Å². The summed E-state index contributed by atoms with van der Waals surface area (Å²) in [5, 5.41) is 3.50. The largest absolute Gasteiger partial charge is 0.365 e. The maximum atomic E-state index is 5.88. The summed E-state index contributed by atoms with van der Waals surface area (Å²) in [6, 6.07) is 2.01. The van der Waals surface area contributed by atoms with Crippen molar-refractivity contribution in [3.05, 3.63) is 17.5 Å². The van der Waals surface area contributed by atoms with Crippen LogP contribution in [0, 0.1) is 5.92 Å². The molecule has 4 nitrogen and oxygen atoms in total. The summed E-state index contributed by atoms with van der Waals surface area (Å²) in [5.74, 6) is 1.14. The third-order valence-electron chi connectivity index (χ3n) is 2.23. The molecule has 0 radical (unpaired) electrons. The molecule has 1 aromatic rings. The number of nitrogens with two attached hydrogens (primary N) is 1. The Kier molecular flexibility index (Phi) is 4.29. The number of nitrogens with zero attached hydrogens (tertiary/aromatic N) is 2. The minimum atomic E-state index is 0.0544. The molecule has 0 amide bonds. The Morgan fingerprint density at radius 1 is 1.40 bits per heavy atom. The van der Waals surface area contributed by atoms with Gasteiger partial charge in [0.05, 0.1) is 0 Å². The first kappa shape index (κ1) is 12.2. The molecule has 5 heteroatoms. The van der Waals surface area contributed by atoms with Gasteiger partial charge in [-0.25, -0.2) is 9.97 Å². The van der Waals surface area contributed by atoms with Crippen LogP contribution in [0.25, 0.3) is 0 Å². The quantitative estimate of drug-likeness (QED) is 0.773. The minimum absolute atomic E-state index is 0.0544. The summed E-state index contributed by atoms with van der Waals surface area (Å²) in [6.07, 6.45) is 1.62. The first-order valence-corrected chi connectivity index (χ1v) is 5.39. The lowest BCUT2D eigenvalue weighted by Gasteiger charge is -2.26. The fourth-order valence-corrected chi connectivity index (χ4v) is 1.64. The van der Waals surface area contributed by atoms with Crippen molar-refractivity contribution in [3.8, 4) is 0 Å². The van der Waals surface area contributed by atoms with Gasteiger partial charge in [0.25, 0.3) is 0 Å². The van der Waals surface area contributed by atoms with Crippen LogP contribution in [0.1, 0.15) is 20.8 Å². The summed E-state index contributed by atoms with van der Waals surface area (Å²) in [5.41, 5.74) is 5.88. The molecule has 0 fully saturated rings. The highest BCUT2D eigenvalue weighted by Gasteiger charge is 2.17. The van der Waals surface area contributed by atoms with Gasteiger partial charge in [-0.1, -0.05) is 13.8 Å². The molecular formula is C10H17ClN4. The lowest BCUT2D eigenvalue weighted by Crippen LogP contribution is -2.41. The Hall–Kier alpha value is -0.870. The fraction of sp³-hybridized carbons (Fsp3) is 0.600. The van der Waals surface area contributed by atoms with E-state index in [0.29, 0.717) is 11.7 Å². The van der Waals surface area contributed by atoms with E-state index in [4.69, 9.17) is 17.3 Å². The lowest BCUT2D eigenvalue weighted by atomic mass is 9.98. The number of aromatic nitrogens is 2. The Labute approximate surface area is 95.3 Å². The predicted molar refractivity (Wildman–Crippen MR) is 62.9 cm³/mol. The normalized spacial score (nSPS) is 15.1. The Bertz CT molecular complexity index is 306. The van der Waals surface area contributed by atoms with Crippen molar-refractivity contribution in [2.75, 3.05) is 5.32 Å². The molecule has 1 aromatic heterocycles. The van der Waals surface area contributed by atoms with Crippen molar-refractivity contribution in [3.63, 3.8) is 0 Å². The van der Waals surface area contributed by atoms with E-state index in [9.17, 15) is 0 Å². The molecular weight excluding hydrogens is 212 g/mol. The number of hydrogen-bond acceptors (Lipinski definition) is 4. The second-order valence-corrected chi connectivity index (χ2v) is 4.32. The van der Waals surface area contributed by atoms with Crippen LogP contribution >= 0.6 is 11.6 Å². The molecule has 1 rings (SSSR count). The molecule has 1 heterocycles. The number of rotatable bonds is 4. The topological polar surface area (TPSA) is 63.8 Å². The van der Waals surface area contributed by atoms with Crippen molar-refractivity contribution >= 4 is 17.4 Å². The zero-order valence-corrected chi connectivity index (χ0v) is 9.99. The summed E-state index contributed by atoms with van der Waals surface area (Å²) >= 11 is 5.69. The molecule has 0 bridgehead atoms. The smallest absolute Gasteiger partial charge is 0.224 e. The van der Waals surface area contributed by atoms with E-state index in [1.807, 2.05) is 6.92 Å². The fourth-order valence-electron chi connectivity index (χ4n) is 1.49. The van der Waals surface area contributed by atoms with Crippen LogP contribution in [0.5, 0.6) is 0 Å². The van der Waals surface area contributed by atoms with Gasteiger partial charge in [0.1, 0.15) is 5.82 Å². The van der Waals surface area contributed by atoms with Crippen LogP contribution in [-0.2, 0) is 0 Å². The van der Waals surface area contributed by atoms with Crippen molar-refractivity contribution in [2.45, 2.75) is 32.9 Å². The molecule has 0 aromatic carbocycles. The van der Waals surface area contributed by atoms with Gasteiger partial charge >= 0.3 is 0 Å². The van der Waals surface area contributed by atoms with E-state index in [1.165, 1.54) is 0 Å².